The van der Waals surface area contributed by atoms with Crippen LogP contribution >= 0.6 is 0 Å². The van der Waals surface area contributed by atoms with Crippen molar-refractivity contribution in [2.45, 2.75) is 19.3 Å². The van der Waals surface area contributed by atoms with Crippen LogP contribution in [0.15, 0.2) is 24.3 Å². The number of anilines is 1. The highest BCUT2D eigenvalue weighted by Crippen LogP contribution is 2.51. The summed E-state index contributed by atoms with van der Waals surface area (Å²) >= 11 is 0. The quantitative estimate of drug-likeness (QED) is 0.800. The molecule has 0 amide bonds. The van der Waals surface area contributed by atoms with Crippen molar-refractivity contribution in [2.24, 2.45) is 5.41 Å². The Morgan fingerprint density at radius 2 is 2.00 bits per heavy atom. The van der Waals surface area contributed by atoms with Crippen molar-refractivity contribution in [1.82, 2.24) is 0 Å². The van der Waals surface area contributed by atoms with E-state index in [1.54, 1.807) is 18.2 Å². The monoisotopic (exact) mass is 259 g/mol. The summed E-state index contributed by atoms with van der Waals surface area (Å²) in [5.41, 5.74) is 9.20. The maximum atomic E-state index is 11.0. The van der Waals surface area contributed by atoms with Crippen LogP contribution in [0.3, 0.4) is 0 Å². The van der Waals surface area contributed by atoms with E-state index in [1.807, 2.05) is 0 Å². The van der Waals surface area contributed by atoms with Crippen molar-refractivity contribution in [3.05, 3.63) is 35.4 Å². The molecule has 0 aromatic heterocycles. The number of nitrogen functional groups attached to an aromatic ring is 1. The van der Waals surface area contributed by atoms with E-state index < -0.39 is 5.97 Å². The summed E-state index contributed by atoms with van der Waals surface area (Å²) in [6, 6.07) is 4.90. The second-order valence-corrected chi connectivity index (χ2v) is 5.43. The van der Waals surface area contributed by atoms with Crippen molar-refractivity contribution in [1.29, 1.82) is 0 Å². The number of aromatic carboxylic acids is 1. The average Bonchev–Trinajstić information content (AvgIpc) is 2.37. The Bertz CT molecular complexity index is 557. The van der Waals surface area contributed by atoms with Crippen LogP contribution in [-0.2, 0) is 4.74 Å². The van der Waals surface area contributed by atoms with E-state index in [2.05, 4.69) is 6.08 Å². The molecule has 0 radical (unpaired) electrons. The molecule has 1 aliphatic carbocycles. The van der Waals surface area contributed by atoms with Gasteiger partial charge < -0.3 is 15.6 Å². The van der Waals surface area contributed by atoms with E-state index in [0.29, 0.717) is 5.69 Å². The molecule has 4 heteroatoms. The van der Waals surface area contributed by atoms with Crippen LogP contribution < -0.4 is 5.73 Å². The van der Waals surface area contributed by atoms with Crippen LogP contribution in [0.25, 0.3) is 5.57 Å². The predicted octanol–water partition coefficient (Wildman–Crippen LogP) is 2.55. The lowest BCUT2D eigenvalue weighted by Gasteiger charge is -2.43. The standard InChI is InChI=1S/C15H17NO3/c16-13-2-1-10(14(17)18)7-12(13)11-8-15(9-11)3-5-19-6-4-15/h1-2,7-8H,3-6,9,16H2,(H,17,18). The molecule has 4 nitrogen and oxygen atoms in total. The lowest BCUT2D eigenvalue weighted by molar-refractivity contribution is 0.0338. The number of hydrogen-bond donors (Lipinski definition) is 2. The van der Waals surface area contributed by atoms with Crippen LogP contribution in [0.4, 0.5) is 5.69 Å². The predicted molar refractivity (Wildman–Crippen MR) is 72.9 cm³/mol. The van der Waals surface area contributed by atoms with Gasteiger partial charge in [-0.2, -0.15) is 0 Å². The molecule has 0 atom stereocenters. The van der Waals surface area contributed by atoms with Crippen molar-refractivity contribution < 1.29 is 14.6 Å². The molecule has 1 saturated heterocycles. The summed E-state index contributed by atoms with van der Waals surface area (Å²) < 4.78 is 5.38. The van der Waals surface area contributed by atoms with Crippen LogP contribution in [0.1, 0.15) is 35.2 Å². The first-order valence-electron chi connectivity index (χ1n) is 6.52. The van der Waals surface area contributed by atoms with Gasteiger partial charge in [0.1, 0.15) is 0 Å². The molecule has 1 aromatic carbocycles. The van der Waals surface area contributed by atoms with Crippen LogP contribution in [-0.4, -0.2) is 24.3 Å². The van der Waals surface area contributed by atoms with E-state index in [1.165, 1.54) is 5.57 Å². The van der Waals surface area contributed by atoms with Gasteiger partial charge in [0, 0.05) is 24.5 Å². The fraction of sp³-hybridized carbons (Fsp3) is 0.400. The molecular formula is C15H17NO3. The van der Waals surface area contributed by atoms with E-state index in [9.17, 15) is 4.79 Å². The molecule has 2 aliphatic rings. The Balaban J connectivity index is 1.90. The van der Waals surface area contributed by atoms with Gasteiger partial charge in [0.15, 0.2) is 0 Å². The minimum atomic E-state index is -0.915. The maximum absolute atomic E-state index is 11.0. The molecule has 1 spiro atoms. The van der Waals surface area contributed by atoms with Gasteiger partial charge in [0.25, 0.3) is 0 Å². The van der Waals surface area contributed by atoms with Gasteiger partial charge in [-0.1, -0.05) is 6.08 Å². The van der Waals surface area contributed by atoms with Gasteiger partial charge in [-0.05, 0) is 48.4 Å². The molecule has 0 saturated carbocycles. The summed E-state index contributed by atoms with van der Waals surface area (Å²) in [7, 11) is 0. The molecule has 3 N–H and O–H groups in total. The van der Waals surface area contributed by atoms with E-state index in [-0.39, 0.29) is 11.0 Å². The fourth-order valence-electron chi connectivity index (χ4n) is 2.96. The molecule has 1 aliphatic heterocycles. The van der Waals surface area contributed by atoms with E-state index in [4.69, 9.17) is 15.6 Å². The van der Waals surface area contributed by atoms with Crippen molar-refractivity contribution in [2.75, 3.05) is 18.9 Å². The zero-order valence-electron chi connectivity index (χ0n) is 10.7. The van der Waals surface area contributed by atoms with Crippen molar-refractivity contribution in [3.8, 4) is 0 Å². The van der Waals surface area contributed by atoms with Gasteiger partial charge in [-0.25, -0.2) is 4.79 Å². The normalized spacial score (nSPS) is 20.7. The minimum absolute atomic E-state index is 0.263. The van der Waals surface area contributed by atoms with E-state index in [0.717, 1.165) is 38.0 Å². The highest BCUT2D eigenvalue weighted by Gasteiger charge is 2.38. The Labute approximate surface area is 111 Å². The summed E-state index contributed by atoms with van der Waals surface area (Å²) in [6.45, 7) is 1.63. The molecule has 19 heavy (non-hydrogen) atoms. The van der Waals surface area contributed by atoms with Gasteiger partial charge >= 0.3 is 5.97 Å². The number of carboxylic acid groups (broad SMARTS) is 1. The number of hydrogen-bond acceptors (Lipinski definition) is 3. The minimum Gasteiger partial charge on any atom is -0.478 e. The van der Waals surface area contributed by atoms with Crippen LogP contribution in [0.5, 0.6) is 0 Å². The number of carbonyl (C=O) groups is 1. The van der Waals surface area contributed by atoms with Crippen molar-refractivity contribution >= 4 is 17.2 Å². The molecule has 100 valence electrons. The molecular weight excluding hydrogens is 242 g/mol. The number of nitrogens with two attached hydrogens (primary N) is 1. The molecule has 1 fully saturated rings. The Hall–Kier alpha value is -1.81. The highest BCUT2D eigenvalue weighted by molar-refractivity contribution is 5.91. The fourth-order valence-corrected chi connectivity index (χ4v) is 2.96. The highest BCUT2D eigenvalue weighted by atomic mass is 16.5. The third-order valence-electron chi connectivity index (χ3n) is 4.16. The smallest absolute Gasteiger partial charge is 0.335 e. The summed E-state index contributed by atoms with van der Waals surface area (Å²) in [5, 5.41) is 9.04. The van der Waals surface area contributed by atoms with Crippen LogP contribution in [0.2, 0.25) is 0 Å². The Morgan fingerprint density at radius 3 is 2.63 bits per heavy atom. The number of carboxylic acids is 1. The molecule has 1 aromatic rings. The first-order valence-corrected chi connectivity index (χ1v) is 6.52. The third-order valence-corrected chi connectivity index (χ3v) is 4.16. The Morgan fingerprint density at radius 1 is 1.32 bits per heavy atom. The number of ether oxygens (including phenoxy) is 1. The van der Waals surface area contributed by atoms with Gasteiger partial charge in [-0.15, -0.1) is 0 Å². The number of rotatable bonds is 2. The van der Waals surface area contributed by atoms with Crippen LogP contribution in [0, 0.1) is 5.41 Å². The second kappa shape index (κ2) is 4.38. The third kappa shape index (κ3) is 2.12. The van der Waals surface area contributed by atoms with Gasteiger partial charge in [-0.3, -0.25) is 0 Å². The molecule has 3 rings (SSSR count). The molecule has 0 bridgehead atoms. The zero-order chi connectivity index (χ0) is 13.5. The lowest BCUT2D eigenvalue weighted by Crippen LogP contribution is -2.33. The number of benzene rings is 1. The summed E-state index contributed by atoms with van der Waals surface area (Å²) in [5.74, 6) is -0.915. The van der Waals surface area contributed by atoms with Gasteiger partial charge in [0.05, 0.1) is 5.56 Å². The number of allylic oxidation sites excluding steroid dienone is 2. The zero-order valence-corrected chi connectivity index (χ0v) is 10.7. The maximum Gasteiger partial charge on any atom is 0.335 e. The average molecular weight is 259 g/mol. The molecule has 1 heterocycles. The lowest BCUT2D eigenvalue weighted by atomic mass is 9.64. The Kier molecular flexibility index (Phi) is 2.82. The summed E-state index contributed by atoms with van der Waals surface area (Å²) in [6.07, 6.45) is 5.33. The SMILES string of the molecule is Nc1ccc(C(=O)O)cc1C1=CC2(CCOCC2)C1. The first-order chi connectivity index (χ1) is 9.10. The largest absolute Gasteiger partial charge is 0.478 e. The first kappa shape index (κ1) is 12.2. The van der Waals surface area contributed by atoms with Gasteiger partial charge in [0.2, 0.25) is 0 Å². The topological polar surface area (TPSA) is 72.6 Å². The van der Waals surface area contributed by atoms with Crippen molar-refractivity contribution in [3.63, 3.8) is 0 Å². The summed E-state index contributed by atoms with van der Waals surface area (Å²) in [4.78, 5) is 11.0. The van der Waals surface area contributed by atoms with E-state index >= 15 is 0 Å². The second-order valence-electron chi connectivity index (χ2n) is 5.43. The molecule has 0 unspecified atom stereocenters.